The fourth-order valence-corrected chi connectivity index (χ4v) is 2.92. The van der Waals surface area contributed by atoms with Gasteiger partial charge in [-0.25, -0.2) is 0 Å². The number of carbonyl (C=O) groups excluding carboxylic acids is 1. The molecular formula is C17H18ClN3O2. The fraction of sp³-hybridized carbons (Fsp3) is 0.353. The summed E-state index contributed by atoms with van der Waals surface area (Å²) in [6, 6.07) is 7.44. The zero-order valence-corrected chi connectivity index (χ0v) is 13.4. The Morgan fingerprint density at radius 1 is 1.22 bits per heavy atom. The highest BCUT2D eigenvalue weighted by atomic mass is 35.5. The van der Waals surface area contributed by atoms with E-state index in [4.69, 9.17) is 16.0 Å². The summed E-state index contributed by atoms with van der Waals surface area (Å²) in [6.07, 6.45) is 8.83. The van der Waals surface area contributed by atoms with Gasteiger partial charge in [-0.1, -0.05) is 54.2 Å². The van der Waals surface area contributed by atoms with Crippen LogP contribution in [0.4, 0.5) is 6.01 Å². The van der Waals surface area contributed by atoms with Gasteiger partial charge in [-0.2, -0.15) is 0 Å². The molecule has 120 valence electrons. The van der Waals surface area contributed by atoms with E-state index in [1.807, 2.05) is 18.2 Å². The lowest BCUT2D eigenvalue weighted by molar-refractivity contribution is -0.112. The van der Waals surface area contributed by atoms with Crippen LogP contribution in [0.15, 0.2) is 34.8 Å². The van der Waals surface area contributed by atoms with E-state index in [-0.39, 0.29) is 11.9 Å². The number of carbonyl (C=O) groups is 1. The third-order valence-electron chi connectivity index (χ3n) is 3.94. The molecule has 1 aliphatic rings. The number of halogens is 1. The van der Waals surface area contributed by atoms with Crippen LogP contribution in [0.2, 0.25) is 5.02 Å². The number of aromatic nitrogens is 2. The quantitative estimate of drug-likeness (QED) is 0.842. The number of nitrogens with one attached hydrogen (secondary N) is 1. The second-order valence-electron chi connectivity index (χ2n) is 5.62. The van der Waals surface area contributed by atoms with E-state index in [9.17, 15) is 4.79 Å². The van der Waals surface area contributed by atoms with Crippen LogP contribution in [0.1, 0.15) is 49.5 Å². The van der Waals surface area contributed by atoms with Gasteiger partial charge >= 0.3 is 6.01 Å². The zero-order chi connectivity index (χ0) is 16.1. The molecule has 1 saturated carbocycles. The van der Waals surface area contributed by atoms with Gasteiger partial charge in [0.05, 0.1) is 0 Å². The Hall–Kier alpha value is -2.14. The molecule has 0 aliphatic heterocycles. The Bertz CT molecular complexity index is 705. The van der Waals surface area contributed by atoms with E-state index in [1.165, 1.54) is 25.3 Å². The van der Waals surface area contributed by atoms with Gasteiger partial charge in [0, 0.05) is 17.0 Å². The second kappa shape index (κ2) is 7.42. The minimum Gasteiger partial charge on any atom is -0.408 e. The molecule has 0 radical (unpaired) electrons. The first kappa shape index (κ1) is 15.7. The highest BCUT2D eigenvalue weighted by molar-refractivity contribution is 6.32. The van der Waals surface area contributed by atoms with Gasteiger partial charge in [0.1, 0.15) is 0 Å². The average Bonchev–Trinajstić information content (AvgIpc) is 3.03. The van der Waals surface area contributed by atoms with E-state index in [2.05, 4.69) is 15.5 Å². The first-order valence-corrected chi connectivity index (χ1v) is 8.17. The van der Waals surface area contributed by atoms with Crippen molar-refractivity contribution in [3.63, 3.8) is 0 Å². The number of anilines is 1. The average molecular weight is 332 g/mol. The lowest BCUT2D eigenvalue weighted by Crippen LogP contribution is -2.08. The molecule has 0 unspecified atom stereocenters. The van der Waals surface area contributed by atoms with Gasteiger partial charge in [-0.3, -0.25) is 10.1 Å². The van der Waals surface area contributed by atoms with E-state index in [0.717, 1.165) is 18.4 Å². The van der Waals surface area contributed by atoms with E-state index < -0.39 is 0 Å². The molecule has 1 aliphatic carbocycles. The Balaban J connectivity index is 1.60. The molecule has 5 nitrogen and oxygen atoms in total. The summed E-state index contributed by atoms with van der Waals surface area (Å²) in [7, 11) is 0. The maximum Gasteiger partial charge on any atom is 0.322 e. The normalized spacial score (nSPS) is 15.9. The Morgan fingerprint density at radius 2 is 2.00 bits per heavy atom. The Morgan fingerprint density at radius 3 is 2.78 bits per heavy atom. The van der Waals surface area contributed by atoms with Crippen LogP contribution >= 0.6 is 11.6 Å². The maximum absolute atomic E-state index is 11.9. The van der Waals surface area contributed by atoms with Gasteiger partial charge in [-0.05, 0) is 30.5 Å². The zero-order valence-electron chi connectivity index (χ0n) is 12.7. The number of nitrogens with zero attached hydrogens (tertiary/aromatic N) is 2. The minimum absolute atomic E-state index is 0.138. The van der Waals surface area contributed by atoms with Crippen molar-refractivity contribution in [3.8, 4) is 0 Å². The van der Waals surface area contributed by atoms with Crippen molar-refractivity contribution in [2.24, 2.45) is 0 Å². The summed E-state index contributed by atoms with van der Waals surface area (Å²) in [6.45, 7) is 0. The molecule has 1 aromatic carbocycles. The molecular weight excluding hydrogens is 314 g/mol. The third kappa shape index (κ3) is 4.20. The summed E-state index contributed by atoms with van der Waals surface area (Å²) in [5, 5.41) is 11.1. The van der Waals surface area contributed by atoms with Gasteiger partial charge in [0.15, 0.2) is 0 Å². The van der Waals surface area contributed by atoms with Crippen LogP contribution in [-0.4, -0.2) is 16.1 Å². The molecule has 0 saturated heterocycles. The summed E-state index contributed by atoms with van der Waals surface area (Å²) >= 11 is 6.03. The van der Waals surface area contributed by atoms with Crippen molar-refractivity contribution in [1.29, 1.82) is 0 Å². The van der Waals surface area contributed by atoms with Crippen LogP contribution in [-0.2, 0) is 4.79 Å². The fourth-order valence-electron chi connectivity index (χ4n) is 2.72. The van der Waals surface area contributed by atoms with Crippen molar-refractivity contribution in [2.45, 2.75) is 38.0 Å². The van der Waals surface area contributed by atoms with Crippen molar-refractivity contribution in [1.82, 2.24) is 10.2 Å². The molecule has 2 aromatic rings. The van der Waals surface area contributed by atoms with Crippen LogP contribution in [0.5, 0.6) is 0 Å². The SMILES string of the molecule is O=C(/C=C/c1ccccc1Cl)Nc1nnc(C2CCCCC2)o1. The molecule has 0 spiro atoms. The smallest absolute Gasteiger partial charge is 0.322 e. The van der Waals surface area contributed by atoms with Gasteiger partial charge in [-0.15, -0.1) is 5.10 Å². The summed E-state index contributed by atoms with van der Waals surface area (Å²) < 4.78 is 5.56. The number of amides is 1. The highest BCUT2D eigenvalue weighted by Gasteiger charge is 2.21. The second-order valence-corrected chi connectivity index (χ2v) is 6.03. The molecule has 1 fully saturated rings. The first-order valence-electron chi connectivity index (χ1n) is 7.79. The molecule has 1 heterocycles. The molecule has 1 amide bonds. The van der Waals surface area contributed by atoms with Gasteiger partial charge in [0.25, 0.3) is 5.91 Å². The Kier molecular flexibility index (Phi) is 5.08. The molecule has 3 rings (SSSR count). The van der Waals surface area contributed by atoms with Gasteiger partial charge in [0.2, 0.25) is 5.89 Å². The highest BCUT2D eigenvalue weighted by Crippen LogP contribution is 2.32. The lowest BCUT2D eigenvalue weighted by atomic mass is 9.89. The van der Waals surface area contributed by atoms with Crippen molar-refractivity contribution < 1.29 is 9.21 Å². The number of benzene rings is 1. The van der Waals surface area contributed by atoms with E-state index >= 15 is 0 Å². The molecule has 1 N–H and O–H groups in total. The largest absolute Gasteiger partial charge is 0.408 e. The first-order chi connectivity index (χ1) is 11.2. The third-order valence-corrected chi connectivity index (χ3v) is 4.29. The van der Waals surface area contributed by atoms with Gasteiger partial charge < -0.3 is 4.42 Å². The molecule has 0 bridgehead atoms. The van der Waals surface area contributed by atoms with Crippen molar-refractivity contribution in [3.05, 3.63) is 46.8 Å². The van der Waals surface area contributed by atoms with E-state index in [1.54, 1.807) is 12.1 Å². The Labute approximate surface area is 139 Å². The van der Waals surface area contributed by atoms with E-state index in [0.29, 0.717) is 16.8 Å². The monoisotopic (exact) mass is 331 g/mol. The topological polar surface area (TPSA) is 68.0 Å². The van der Waals surface area contributed by atoms with Crippen molar-refractivity contribution >= 4 is 29.6 Å². The summed E-state index contributed by atoms with van der Waals surface area (Å²) in [4.78, 5) is 11.9. The predicted octanol–water partition coefficient (Wildman–Crippen LogP) is 4.42. The summed E-state index contributed by atoms with van der Waals surface area (Å²) in [5.74, 6) is 0.611. The summed E-state index contributed by atoms with van der Waals surface area (Å²) in [5.41, 5.74) is 0.776. The molecule has 6 heteroatoms. The van der Waals surface area contributed by atoms with Crippen LogP contribution < -0.4 is 5.32 Å². The predicted molar refractivity (Wildman–Crippen MR) is 89.2 cm³/mol. The van der Waals surface area contributed by atoms with Crippen LogP contribution in [0.3, 0.4) is 0 Å². The number of hydrogen-bond donors (Lipinski definition) is 1. The minimum atomic E-state index is -0.330. The number of hydrogen-bond acceptors (Lipinski definition) is 4. The van der Waals surface area contributed by atoms with Crippen LogP contribution in [0.25, 0.3) is 6.08 Å². The lowest BCUT2D eigenvalue weighted by Gasteiger charge is -2.17. The molecule has 1 aromatic heterocycles. The maximum atomic E-state index is 11.9. The number of rotatable bonds is 4. The molecule has 23 heavy (non-hydrogen) atoms. The molecule has 0 atom stereocenters. The standard InChI is InChI=1S/C17H18ClN3O2/c18-14-9-5-4-6-12(14)10-11-15(22)19-17-21-20-16(23-17)13-7-2-1-3-8-13/h4-6,9-11,13H,1-3,7-8H2,(H,19,21,22)/b11-10+. The van der Waals surface area contributed by atoms with Crippen molar-refractivity contribution in [2.75, 3.05) is 5.32 Å². The van der Waals surface area contributed by atoms with Crippen LogP contribution in [0, 0.1) is 0 Å².